The van der Waals surface area contributed by atoms with Crippen molar-refractivity contribution in [1.82, 2.24) is 5.32 Å². The third kappa shape index (κ3) is 5.18. The van der Waals surface area contributed by atoms with Crippen LogP contribution in [0.5, 0.6) is 0 Å². The van der Waals surface area contributed by atoms with Gasteiger partial charge < -0.3 is 10.6 Å². The molecule has 0 heterocycles. The summed E-state index contributed by atoms with van der Waals surface area (Å²) in [6.07, 6.45) is 0.148. The molecule has 2 amide bonds. The molecular formula is C21H21N3O4S. The van der Waals surface area contributed by atoms with Gasteiger partial charge in [-0.1, -0.05) is 48.5 Å². The molecule has 0 aliphatic carbocycles. The first kappa shape index (κ1) is 20.5. The minimum absolute atomic E-state index is 0.0599. The summed E-state index contributed by atoms with van der Waals surface area (Å²) in [6.45, 7) is 1.38. The zero-order valence-electron chi connectivity index (χ0n) is 15.8. The Balaban J connectivity index is 1.60. The van der Waals surface area contributed by atoms with Crippen molar-refractivity contribution in [2.45, 2.75) is 18.2 Å². The van der Waals surface area contributed by atoms with Gasteiger partial charge in [0.15, 0.2) is 0 Å². The molecule has 0 bridgehead atoms. The molecular weight excluding hydrogens is 390 g/mol. The number of hydrogen-bond acceptors (Lipinski definition) is 4. The van der Waals surface area contributed by atoms with Crippen molar-refractivity contribution in [3.63, 3.8) is 0 Å². The van der Waals surface area contributed by atoms with Crippen molar-refractivity contribution in [3.8, 4) is 0 Å². The van der Waals surface area contributed by atoms with Gasteiger partial charge in [0.1, 0.15) is 0 Å². The van der Waals surface area contributed by atoms with Crippen LogP contribution < -0.4 is 15.8 Å². The molecule has 29 heavy (non-hydrogen) atoms. The summed E-state index contributed by atoms with van der Waals surface area (Å²) in [7, 11) is -3.89. The maximum atomic E-state index is 12.3. The molecule has 4 N–H and O–H groups in total. The minimum atomic E-state index is -3.89. The van der Waals surface area contributed by atoms with Gasteiger partial charge in [0.05, 0.1) is 17.9 Å². The molecule has 3 rings (SSSR count). The number of sulfonamides is 1. The Bertz CT molecular complexity index is 1180. The summed E-state index contributed by atoms with van der Waals surface area (Å²) in [6, 6.07) is 17.9. The normalized spacial score (nSPS) is 11.2. The average molecular weight is 411 g/mol. The number of hydrogen-bond donors (Lipinski definition) is 3. The highest BCUT2D eigenvalue weighted by Gasteiger charge is 2.14. The summed E-state index contributed by atoms with van der Waals surface area (Å²) in [4.78, 5) is 24.3. The molecule has 0 saturated heterocycles. The molecule has 7 nitrogen and oxygen atoms in total. The zero-order valence-corrected chi connectivity index (χ0v) is 16.6. The summed E-state index contributed by atoms with van der Waals surface area (Å²) < 4.78 is 23.2. The fourth-order valence-corrected chi connectivity index (χ4v) is 3.86. The van der Waals surface area contributed by atoms with Crippen molar-refractivity contribution in [2.24, 2.45) is 5.14 Å². The van der Waals surface area contributed by atoms with Crippen LogP contribution in [0.25, 0.3) is 10.8 Å². The summed E-state index contributed by atoms with van der Waals surface area (Å²) in [5.41, 5.74) is 1.64. The number of amides is 2. The molecule has 0 saturated carbocycles. The van der Waals surface area contributed by atoms with Crippen LogP contribution in [-0.2, 0) is 26.0 Å². The molecule has 0 aliphatic rings. The van der Waals surface area contributed by atoms with E-state index in [0.717, 1.165) is 16.3 Å². The Morgan fingerprint density at radius 2 is 1.69 bits per heavy atom. The van der Waals surface area contributed by atoms with Crippen molar-refractivity contribution in [1.29, 1.82) is 0 Å². The SMILES string of the molecule is Cc1ccc(NC(=O)CNC(=O)Cc2cccc3ccccc23)cc1S(N)(=O)=O. The van der Waals surface area contributed by atoms with Crippen LogP contribution in [0.3, 0.4) is 0 Å². The number of carbonyl (C=O) groups is 2. The van der Waals surface area contributed by atoms with Gasteiger partial charge in [-0.25, -0.2) is 13.6 Å². The van der Waals surface area contributed by atoms with Crippen LogP contribution in [0.15, 0.2) is 65.6 Å². The van der Waals surface area contributed by atoms with E-state index in [4.69, 9.17) is 5.14 Å². The lowest BCUT2D eigenvalue weighted by molar-refractivity contribution is -0.123. The van der Waals surface area contributed by atoms with E-state index >= 15 is 0 Å². The van der Waals surface area contributed by atoms with Crippen molar-refractivity contribution in [3.05, 3.63) is 71.8 Å². The van der Waals surface area contributed by atoms with Crippen LogP contribution in [0, 0.1) is 6.92 Å². The lowest BCUT2D eigenvalue weighted by atomic mass is 10.0. The number of aryl methyl sites for hydroxylation is 1. The van der Waals surface area contributed by atoms with E-state index < -0.39 is 15.9 Å². The highest BCUT2D eigenvalue weighted by molar-refractivity contribution is 7.89. The molecule has 3 aromatic rings. The second kappa shape index (κ2) is 8.42. The molecule has 0 aromatic heterocycles. The standard InChI is InChI=1S/C21H21N3O4S/c1-14-9-10-17(12-19(14)29(22,27)28)24-21(26)13-23-20(25)11-16-7-4-6-15-5-2-3-8-18(15)16/h2-10,12H,11,13H2,1H3,(H,23,25)(H,24,26)(H2,22,27,28). The van der Waals surface area contributed by atoms with Crippen LogP contribution in [-0.4, -0.2) is 26.8 Å². The van der Waals surface area contributed by atoms with E-state index in [2.05, 4.69) is 10.6 Å². The Labute approximate surface area is 169 Å². The predicted molar refractivity (Wildman–Crippen MR) is 112 cm³/mol. The van der Waals surface area contributed by atoms with Crippen molar-refractivity contribution >= 4 is 38.3 Å². The molecule has 0 aliphatic heterocycles. The Morgan fingerprint density at radius 1 is 0.966 bits per heavy atom. The van der Waals surface area contributed by atoms with Crippen LogP contribution >= 0.6 is 0 Å². The fraction of sp³-hybridized carbons (Fsp3) is 0.143. The Kier molecular flexibility index (Phi) is 5.95. The lowest BCUT2D eigenvalue weighted by Gasteiger charge is -2.10. The van der Waals surface area contributed by atoms with E-state index in [9.17, 15) is 18.0 Å². The number of anilines is 1. The summed E-state index contributed by atoms with van der Waals surface area (Å²) in [5.74, 6) is -0.758. The molecule has 0 atom stereocenters. The fourth-order valence-electron chi connectivity index (χ4n) is 3.05. The Hall–Kier alpha value is -3.23. The number of carbonyl (C=O) groups excluding carboxylic acids is 2. The van der Waals surface area contributed by atoms with E-state index in [0.29, 0.717) is 5.56 Å². The van der Waals surface area contributed by atoms with Gasteiger partial charge in [-0.05, 0) is 41.0 Å². The number of rotatable bonds is 6. The molecule has 3 aromatic carbocycles. The summed E-state index contributed by atoms with van der Waals surface area (Å²) >= 11 is 0. The lowest BCUT2D eigenvalue weighted by Crippen LogP contribution is -2.33. The minimum Gasteiger partial charge on any atom is -0.347 e. The molecule has 150 valence electrons. The topological polar surface area (TPSA) is 118 Å². The van der Waals surface area contributed by atoms with E-state index in [1.165, 1.54) is 6.07 Å². The second-order valence-electron chi connectivity index (χ2n) is 6.67. The highest BCUT2D eigenvalue weighted by atomic mass is 32.2. The van der Waals surface area contributed by atoms with Crippen molar-refractivity contribution < 1.29 is 18.0 Å². The van der Waals surface area contributed by atoms with Crippen molar-refractivity contribution in [2.75, 3.05) is 11.9 Å². The highest BCUT2D eigenvalue weighted by Crippen LogP contribution is 2.20. The van der Waals surface area contributed by atoms with E-state index in [1.807, 2.05) is 42.5 Å². The maximum Gasteiger partial charge on any atom is 0.243 e. The number of benzene rings is 3. The third-order valence-electron chi connectivity index (χ3n) is 4.46. The van der Waals surface area contributed by atoms with Crippen LogP contribution in [0.4, 0.5) is 5.69 Å². The number of nitrogens with one attached hydrogen (secondary N) is 2. The van der Waals surface area contributed by atoms with Gasteiger partial charge in [0, 0.05) is 5.69 Å². The van der Waals surface area contributed by atoms with Gasteiger partial charge >= 0.3 is 0 Å². The van der Waals surface area contributed by atoms with E-state index in [-0.39, 0.29) is 29.5 Å². The predicted octanol–water partition coefficient (Wildman–Crippen LogP) is 2.09. The third-order valence-corrected chi connectivity index (χ3v) is 5.51. The number of primary sulfonamides is 1. The number of fused-ring (bicyclic) bond motifs is 1. The number of nitrogens with two attached hydrogens (primary N) is 1. The van der Waals surface area contributed by atoms with Gasteiger partial charge in [-0.15, -0.1) is 0 Å². The largest absolute Gasteiger partial charge is 0.347 e. The first-order chi connectivity index (χ1) is 13.7. The van der Waals surface area contributed by atoms with Crippen LogP contribution in [0.2, 0.25) is 0 Å². The smallest absolute Gasteiger partial charge is 0.243 e. The molecule has 0 spiro atoms. The van der Waals surface area contributed by atoms with Gasteiger partial charge in [-0.3, -0.25) is 9.59 Å². The molecule has 8 heteroatoms. The van der Waals surface area contributed by atoms with Crippen LogP contribution in [0.1, 0.15) is 11.1 Å². The first-order valence-corrected chi connectivity index (χ1v) is 10.5. The first-order valence-electron chi connectivity index (χ1n) is 8.91. The monoisotopic (exact) mass is 411 g/mol. The van der Waals surface area contributed by atoms with Gasteiger partial charge in [0.2, 0.25) is 21.8 Å². The molecule has 0 unspecified atom stereocenters. The van der Waals surface area contributed by atoms with Gasteiger partial charge in [-0.2, -0.15) is 0 Å². The second-order valence-corrected chi connectivity index (χ2v) is 8.20. The van der Waals surface area contributed by atoms with Gasteiger partial charge in [0.25, 0.3) is 0 Å². The Morgan fingerprint density at radius 3 is 2.45 bits per heavy atom. The quantitative estimate of drug-likeness (QED) is 0.575. The summed E-state index contributed by atoms with van der Waals surface area (Å²) in [5, 5.41) is 12.3. The molecule has 0 fully saturated rings. The zero-order chi connectivity index (χ0) is 21.0. The maximum absolute atomic E-state index is 12.3. The molecule has 0 radical (unpaired) electrons. The average Bonchev–Trinajstić information content (AvgIpc) is 2.67. The van der Waals surface area contributed by atoms with E-state index in [1.54, 1.807) is 19.1 Å².